The van der Waals surface area contributed by atoms with Crippen LogP contribution in [-0.4, -0.2) is 21.6 Å². The number of nitrogens with one attached hydrogen (secondary N) is 1. The quantitative estimate of drug-likeness (QED) is 0.276. The number of anilines is 3. The fourth-order valence-electron chi connectivity index (χ4n) is 3.15. The number of hydrogen-bond acceptors (Lipinski definition) is 8. The van der Waals surface area contributed by atoms with E-state index in [-0.39, 0.29) is 0 Å². The molecule has 9 heteroatoms. The molecule has 2 aromatic carbocycles. The fourth-order valence-corrected chi connectivity index (χ4v) is 4.24. The lowest BCUT2D eigenvalue weighted by atomic mass is 10.1. The van der Waals surface area contributed by atoms with Gasteiger partial charge < -0.3 is 15.8 Å². The molecule has 160 valence electrons. The first-order valence-corrected chi connectivity index (χ1v) is 11.0. The van der Waals surface area contributed by atoms with E-state index in [2.05, 4.69) is 26.3 Å². The molecule has 3 N–H and O–H groups in total. The maximum Gasteiger partial charge on any atom is 0.192 e. The third-order valence-corrected chi connectivity index (χ3v) is 6.01. The Kier molecular flexibility index (Phi) is 6.30. The minimum atomic E-state index is 0.392. The number of aromatic nitrogens is 3. The van der Waals surface area contributed by atoms with Crippen molar-refractivity contribution in [1.82, 2.24) is 15.0 Å². The Morgan fingerprint density at radius 3 is 2.78 bits per heavy atom. The highest BCUT2D eigenvalue weighted by Crippen LogP contribution is 2.38. The van der Waals surface area contributed by atoms with Gasteiger partial charge in [-0.3, -0.25) is 4.98 Å². The van der Waals surface area contributed by atoms with Gasteiger partial charge in [0.05, 0.1) is 28.4 Å². The first-order chi connectivity index (χ1) is 15.5. The van der Waals surface area contributed by atoms with Crippen molar-refractivity contribution in [2.45, 2.75) is 23.9 Å². The molecule has 0 fully saturated rings. The van der Waals surface area contributed by atoms with Crippen LogP contribution in [0.3, 0.4) is 0 Å². The number of hydrogen-bond donors (Lipinski definition) is 2. The number of pyridine rings is 1. The van der Waals surface area contributed by atoms with Crippen LogP contribution in [0.2, 0.25) is 5.02 Å². The summed E-state index contributed by atoms with van der Waals surface area (Å²) in [5.74, 6) is 0.561. The fraction of sp³-hybridized carbons (Fsp3) is 0.130. The zero-order chi connectivity index (χ0) is 22.7. The predicted molar refractivity (Wildman–Crippen MR) is 128 cm³/mol. The first kappa shape index (κ1) is 21.7. The minimum absolute atomic E-state index is 0.392. The van der Waals surface area contributed by atoms with E-state index in [1.54, 1.807) is 18.3 Å². The number of rotatable bonds is 6. The number of nitrogen functional groups attached to an aromatic ring is 1. The van der Waals surface area contributed by atoms with Crippen molar-refractivity contribution in [1.29, 1.82) is 5.26 Å². The van der Waals surface area contributed by atoms with E-state index in [4.69, 9.17) is 22.1 Å². The molecule has 0 amide bonds. The zero-order valence-corrected chi connectivity index (χ0v) is 19.0. The van der Waals surface area contributed by atoms with E-state index in [1.807, 2.05) is 38.1 Å². The van der Waals surface area contributed by atoms with Crippen LogP contribution in [0.15, 0.2) is 58.8 Å². The lowest BCUT2D eigenvalue weighted by Gasteiger charge is -2.15. The number of ether oxygens (including phenoxy) is 1. The Bertz CT molecular complexity index is 1350. The van der Waals surface area contributed by atoms with Crippen molar-refractivity contribution in [2.75, 3.05) is 17.7 Å². The van der Waals surface area contributed by atoms with E-state index in [9.17, 15) is 5.26 Å². The lowest BCUT2D eigenvalue weighted by molar-refractivity contribution is 0.342. The summed E-state index contributed by atoms with van der Waals surface area (Å²) >= 11 is 7.91. The highest BCUT2D eigenvalue weighted by Gasteiger charge is 2.15. The van der Waals surface area contributed by atoms with Gasteiger partial charge in [0.25, 0.3) is 0 Å². The van der Waals surface area contributed by atoms with E-state index in [0.717, 1.165) is 16.3 Å². The van der Waals surface area contributed by atoms with Gasteiger partial charge in [0.2, 0.25) is 0 Å². The zero-order valence-electron chi connectivity index (χ0n) is 17.4. The Morgan fingerprint density at radius 2 is 2.06 bits per heavy atom. The molecule has 2 heterocycles. The maximum absolute atomic E-state index is 9.62. The summed E-state index contributed by atoms with van der Waals surface area (Å²) < 4.78 is 5.56. The van der Waals surface area contributed by atoms with Crippen LogP contribution in [0, 0.1) is 18.3 Å². The van der Waals surface area contributed by atoms with Gasteiger partial charge in [0.1, 0.15) is 17.5 Å². The van der Waals surface area contributed by atoms with Gasteiger partial charge in [0, 0.05) is 34.1 Å². The van der Waals surface area contributed by atoms with Crippen LogP contribution >= 0.6 is 23.4 Å². The summed E-state index contributed by atoms with van der Waals surface area (Å²) in [6.07, 6.45) is 3.22. The highest BCUT2D eigenvalue weighted by molar-refractivity contribution is 7.99. The van der Waals surface area contributed by atoms with Crippen molar-refractivity contribution >= 4 is 51.3 Å². The van der Waals surface area contributed by atoms with Crippen LogP contribution in [0.4, 0.5) is 17.1 Å². The molecule has 4 rings (SSSR count). The lowest BCUT2D eigenvalue weighted by Crippen LogP contribution is -2.01. The summed E-state index contributed by atoms with van der Waals surface area (Å²) in [5.41, 5.74) is 9.85. The number of fused-ring (bicyclic) bond motifs is 1. The van der Waals surface area contributed by atoms with E-state index >= 15 is 0 Å². The highest BCUT2D eigenvalue weighted by atomic mass is 35.5. The number of benzene rings is 2. The van der Waals surface area contributed by atoms with Gasteiger partial charge in [-0.05, 0) is 62.0 Å². The van der Waals surface area contributed by atoms with Crippen molar-refractivity contribution in [2.24, 2.45) is 0 Å². The van der Waals surface area contributed by atoms with Gasteiger partial charge >= 0.3 is 0 Å². The van der Waals surface area contributed by atoms with Crippen LogP contribution < -0.4 is 15.8 Å². The minimum Gasteiger partial charge on any atom is -0.492 e. The maximum atomic E-state index is 9.62. The Morgan fingerprint density at radius 1 is 1.22 bits per heavy atom. The summed E-state index contributed by atoms with van der Waals surface area (Å²) in [5, 5.41) is 14.8. The summed E-state index contributed by atoms with van der Waals surface area (Å²) in [6, 6.07) is 13.2. The van der Waals surface area contributed by atoms with Gasteiger partial charge in [0.15, 0.2) is 5.16 Å². The van der Waals surface area contributed by atoms with Gasteiger partial charge in [-0.25, -0.2) is 9.97 Å². The second-order valence-electron chi connectivity index (χ2n) is 6.82. The molecule has 0 atom stereocenters. The van der Waals surface area contributed by atoms with Crippen molar-refractivity contribution in [3.8, 4) is 11.8 Å². The van der Waals surface area contributed by atoms with E-state index < -0.39 is 0 Å². The van der Waals surface area contributed by atoms with E-state index in [0.29, 0.717) is 50.4 Å². The Hall–Kier alpha value is -3.54. The standard InChI is InChI=1S/C23H19ClN6OS/c1-3-31-18-6-5-16-21(14(11-25)12-28-22(16)20(18)26)30-15-4-7-19(17(24)10-15)32-23-27-9-8-13(2)29-23/h4-10,12H,3,26H2,1-2H3,(H,28,30). The molecule has 0 radical (unpaired) electrons. The average Bonchev–Trinajstić information content (AvgIpc) is 2.78. The molecule has 0 saturated carbocycles. The Balaban J connectivity index is 1.69. The molecule has 0 unspecified atom stereocenters. The largest absolute Gasteiger partial charge is 0.492 e. The SMILES string of the molecule is CCOc1ccc2c(Nc3ccc(Sc4nccc(C)n4)c(Cl)c3)c(C#N)cnc2c1N. The molecule has 7 nitrogen and oxygen atoms in total. The normalized spacial score (nSPS) is 10.7. The molecule has 4 aromatic rings. The molecule has 0 spiro atoms. The smallest absolute Gasteiger partial charge is 0.192 e. The molecule has 0 bridgehead atoms. The van der Waals surface area contributed by atoms with Gasteiger partial charge in [-0.15, -0.1) is 0 Å². The van der Waals surface area contributed by atoms with Crippen molar-refractivity contribution in [3.05, 3.63) is 65.1 Å². The summed E-state index contributed by atoms with van der Waals surface area (Å²) in [6.45, 7) is 4.30. The average molecular weight is 463 g/mol. The number of nitrogens with two attached hydrogens (primary N) is 1. The summed E-state index contributed by atoms with van der Waals surface area (Å²) in [4.78, 5) is 13.9. The Labute approximate surface area is 194 Å². The molecular formula is C23H19ClN6OS. The monoisotopic (exact) mass is 462 g/mol. The molecule has 0 saturated heterocycles. The third kappa shape index (κ3) is 4.40. The topological polar surface area (TPSA) is 110 Å². The van der Waals surface area contributed by atoms with E-state index in [1.165, 1.54) is 18.0 Å². The predicted octanol–water partition coefficient (Wildman–Crippen LogP) is 5.73. The molecule has 0 aliphatic carbocycles. The molecule has 32 heavy (non-hydrogen) atoms. The first-order valence-electron chi connectivity index (χ1n) is 9.78. The number of nitrogens with zero attached hydrogens (tertiary/aromatic N) is 4. The van der Waals surface area contributed by atoms with Crippen LogP contribution in [0.1, 0.15) is 18.2 Å². The van der Waals surface area contributed by atoms with Crippen LogP contribution in [0.5, 0.6) is 5.75 Å². The molecule has 0 aliphatic heterocycles. The molecule has 0 aliphatic rings. The number of nitriles is 1. The van der Waals surface area contributed by atoms with Gasteiger partial charge in [-0.2, -0.15) is 5.26 Å². The van der Waals surface area contributed by atoms with Gasteiger partial charge in [-0.1, -0.05) is 11.6 Å². The second-order valence-corrected chi connectivity index (χ2v) is 8.23. The number of aryl methyl sites for hydroxylation is 1. The molecular weight excluding hydrogens is 444 g/mol. The number of halogens is 1. The molecule has 2 aromatic heterocycles. The van der Waals surface area contributed by atoms with Crippen LogP contribution in [0.25, 0.3) is 10.9 Å². The second kappa shape index (κ2) is 9.30. The van der Waals surface area contributed by atoms with Crippen molar-refractivity contribution in [3.63, 3.8) is 0 Å². The van der Waals surface area contributed by atoms with Crippen molar-refractivity contribution < 1.29 is 4.74 Å². The third-order valence-electron chi connectivity index (χ3n) is 4.63. The van der Waals surface area contributed by atoms with Crippen LogP contribution in [-0.2, 0) is 0 Å². The summed E-state index contributed by atoms with van der Waals surface area (Å²) in [7, 11) is 0.